The molecule has 6 nitrogen and oxygen atoms in total. The fourth-order valence-corrected chi connectivity index (χ4v) is 4.27. The summed E-state index contributed by atoms with van der Waals surface area (Å²) in [6.07, 6.45) is 3.22. The van der Waals surface area contributed by atoms with Crippen LogP contribution in [0.3, 0.4) is 0 Å². The highest BCUT2D eigenvalue weighted by Crippen LogP contribution is 2.42. The Morgan fingerprint density at radius 2 is 2.12 bits per heavy atom. The van der Waals surface area contributed by atoms with Gasteiger partial charge in [0.2, 0.25) is 0 Å². The molecule has 2 aliphatic rings. The molecule has 25 heavy (non-hydrogen) atoms. The van der Waals surface area contributed by atoms with E-state index in [1.165, 1.54) is 5.56 Å². The maximum absolute atomic E-state index is 10.1. The number of fused-ring (bicyclic) bond motifs is 1. The fraction of sp³-hybridized carbons (Fsp3) is 0.579. The Labute approximate surface area is 147 Å². The third kappa shape index (κ3) is 3.10. The number of hydrogen-bond donors (Lipinski definition) is 1. The van der Waals surface area contributed by atoms with Crippen LogP contribution in [0.5, 0.6) is 0 Å². The van der Waals surface area contributed by atoms with Gasteiger partial charge in [0.15, 0.2) is 5.82 Å². The summed E-state index contributed by atoms with van der Waals surface area (Å²) >= 11 is 0. The molecule has 0 radical (unpaired) electrons. The van der Waals surface area contributed by atoms with Gasteiger partial charge in [-0.2, -0.15) is 4.98 Å². The number of aliphatic hydroxyl groups excluding tert-OH is 1. The number of methoxy groups -OCH3 is 1. The van der Waals surface area contributed by atoms with Crippen LogP contribution in [0.25, 0.3) is 11.5 Å². The SMILES string of the molecule is CO[C@@]12CC[C@@H](O)C[C@@H]1N(Cc1noc(-c3ccc(C)cc3)n1)CC2. The first-order chi connectivity index (χ1) is 12.1. The lowest BCUT2D eigenvalue weighted by atomic mass is 9.79. The van der Waals surface area contributed by atoms with Crippen LogP contribution in [0.15, 0.2) is 28.8 Å². The second-order valence-corrected chi connectivity index (χ2v) is 7.32. The molecule has 1 aliphatic heterocycles. The summed E-state index contributed by atoms with van der Waals surface area (Å²) in [5, 5.41) is 14.2. The van der Waals surface area contributed by atoms with Gasteiger partial charge in [-0.05, 0) is 44.7 Å². The van der Waals surface area contributed by atoms with Gasteiger partial charge >= 0.3 is 0 Å². The molecular weight excluding hydrogens is 318 g/mol. The number of benzene rings is 1. The van der Waals surface area contributed by atoms with Gasteiger partial charge in [-0.15, -0.1) is 0 Å². The minimum absolute atomic E-state index is 0.136. The maximum atomic E-state index is 10.1. The Morgan fingerprint density at radius 1 is 1.32 bits per heavy atom. The number of hydrogen-bond acceptors (Lipinski definition) is 6. The number of aromatic nitrogens is 2. The number of nitrogens with zero attached hydrogens (tertiary/aromatic N) is 3. The monoisotopic (exact) mass is 343 g/mol. The molecule has 2 aromatic rings. The Kier molecular flexibility index (Phi) is 4.35. The number of likely N-dealkylation sites (tertiary alicyclic amines) is 1. The fourth-order valence-electron chi connectivity index (χ4n) is 4.27. The first kappa shape index (κ1) is 16.7. The third-order valence-corrected chi connectivity index (χ3v) is 5.78. The average Bonchev–Trinajstić information content (AvgIpc) is 3.22. The summed E-state index contributed by atoms with van der Waals surface area (Å²) in [7, 11) is 1.79. The molecule has 1 N–H and O–H groups in total. The van der Waals surface area contributed by atoms with Gasteiger partial charge < -0.3 is 14.4 Å². The minimum atomic E-state index is -0.248. The van der Waals surface area contributed by atoms with Gasteiger partial charge in [-0.25, -0.2) is 0 Å². The van der Waals surface area contributed by atoms with Crippen molar-refractivity contribution in [3.05, 3.63) is 35.7 Å². The van der Waals surface area contributed by atoms with Gasteiger partial charge in [-0.1, -0.05) is 22.9 Å². The molecule has 1 saturated heterocycles. The number of rotatable bonds is 4. The summed E-state index contributed by atoms with van der Waals surface area (Å²) in [5.74, 6) is 1.23. The van der Waals surface area contributed by atoms with E-state index in [1.807, 2.05) is 24.3 Å². The van der Waals surface area contributed by atoms with Crippen molar-refractivity contribution < 1.29 is 14.4 Å². The zero-order valence-corrected chi connectivity index (χ0v) is 14.8. The Hall–Kier alpha value is -1.76. The molecule has 134 valence electrons. The Balaban J connectivity index is 1.50. The largest absolute Gasteiger partial charge is 0.393 e. The second-order valence-electron chi connectivity index (χ2n) is 7.32. The molecule has 6 heteroatoms. The van der Waals surface area contributed by atoms with E-state index in [0.717, 1.165) is 37.8 Å². The van der Waals surface area contributed by atoms with Crippen LogP contribution in [0, 0.1) is 6.92 Å². The summed E-state index contributed by atoms with van der Waals surface area (Å²) in [4.78, 5) is 6.89. The Morgan fingerprint density at radius 3 is 2.88 bits per heavy atom. The minimum Gasteiger partial charge on any atom is -0.393 e. The van der Waals surface area contributed by atoms with Crippen molar-refractivity contribution in [1.29, 1.82) is 0 Å². The third-order valence-electron chi connectivity index (χ3n) is 5.78. The van der Waals surface area contributed by atoms with Gasteiger partial charge in [0.05, 0.1) is 18.2 Å². The molecule has 4 rings (SSSR count). The van der Waals surface area contributed by atoms with Crippen LogP contribution in [0.2, 0.25) is 0 Å². The topological polar surface area (TPSA) is 71.6 Å². The zero-order chi connectivity index (χ0) is 17.4. The van der Waals surface area contributed by atoms with E-state index in [9.17, 15) is 5.11 Å². The van der Waals surface area contributed by atoms with E-state index in [-0.39, 0.29) is 17.7 Å². The van der Waals surface area contributed by atoms with Crippen molar-refractivity contribution in [2.45, 2.75) is 56.9 Å². The van der Waals surface area contributed by atoms with Gasteiger partial charge in [0.1, 0.15) is 0 Å². The van der Waals surface area contributed by atoms with E-state index in [0.29, 0.717) is 18.3 Å². The Bertz CT molecular complexity index is 730. The maximum Gasteiger partial charge on any atom is 0.257 e. The number of ether oxygens (including phenoxy) is 1. The molecular formula is C19H25N3O3. The number of aryl methyl sites for hydroxylation is 1. The van der Waals surface area contributed by atoms with Gasteiger partial charge in [0, 0.05) is 25.3 Å². The lowest BCUT2D eigenvalue weighted by Crippen LogP contribution is -2.51. The normalized spacial score (nSPS) is 29.7. The van der Waals surface area contributed by atoms with Crippen LogP contribution in [-0.2, 0) is 11.3 Å². The van der Waals surface area contributed by atoms with Crippen molar-refractivity contribution in [2.75, 3.05) is 13.7 Å². The van der Waals surface area contributed by atoms with E-state index in [4.69, 9.17) is 9.26 Å². The summed E-state index contributed by atoms with van der Waals surface area (Å²) in [6, 6.07) is 8.28. The van der Waals surface area contributed by atoms with Crippen molar-refractivity contribution in [3.63, 3.8) is 0 Å². The van der Waals surface area contributed by atoms with E-state index < -0.39 is 0 Å². The lowest BCUT2D eigenvalue weighted by Gasteiger charge is -2.42. The molecule has 3 atom stereocenters. The second kappa shape index (κ2) is 6.52. The zero-order valence-electron chi connectivity index (χ0n) is 14.8. The quantitative estimate of drug-likeness (QED) is 0.920. The highest BCUT2D eigenvalue weighted by atomic mass is 16.5. The molecule has 2 heterocycles. The van der Waals surface area contributed by atoms with Crippen LogP contribution in [0.4, 0.5) is 0 Å². The first-order valence-electron chi connectivity index (χ1n) is 8.96. The van der Waals surface area contributed by atoms with E-state index in [1.54, 1.807) is 7.11 Å². The molecule has 1 saturated carbocycles. The van der Waals surface area contributed by atoms with E-state index in [2.05, 4.69) is 22.0 Å². The first-order valence-corrected chi connectivity index (χ1v) is 8.96. The van der Waals surface area contributed by atoms with Crippen molar-refractivity contribution in [2.24, 2.45) is 0 Å². The van der Waals surface area contributed by atoms with Crippen molar-refractivity contribution in [3.8, 4) is 11.5 Å². The highest BCUT2D eigenvalue weighted by Gasteiger charge is 2.50. The van der Waals surface area contributed by atoms with Crippen LogP contribution >= 0.6 is 0 Å². The number of aliphatic hydroxyl groups is 1. The molecule has 0 spiro atoms. The van der Waals surface area contributed by atoms with Crippen LogP contribution < -0.4 is 0 Å². The predicted octanol–water partition coefficient (Wildman–Crippen LogP) is 2.55. The lowest BCUT2D eigenvalue weighted by molar-refractivity contribution is -0.0882. The van der Waals surface area contributed by atoms with Crippen molar-refractivity contribution >= 4 is 0 Å². The molecule has 1 aromatic carbocycles. The average molecular weight is 343 g/mol. The van der Waals surface area contributed by atoms with E-state index >= 15 is 0 Å². The van der Waals surface area contributed by atoms with Gasteiger partial charge in [0.25, 0.3) is 5.89 Å². The van der Waals surface area contributed by atoms with Crippen LogP contribution in [-0.4, -0.2) is 51.5 Å². The molecule has 2 fully saturated rings. The highest BCUT2D eigenvalue weighted by molar-refractivity contribution is 5.53. The molecule has 1 aromatic heterocycles. The summed E-state index contributed by atoms with van der Waals surface area (Å²) in [5.41, 5.74) is 2.00. The molecule has 0 amide bonds. The standard InChI is InChI=1S/C19H25N3O3/c1-13-3-5-14(6-4-13)18-20-17(21-25-18)12-22-10-9-19(24-2)8-7-15(23)11-16(19)22/h3-6,15-16,23H,7-12H2,1-2H3/t15-,16+,19-/m1/s1. The van der Waals surface area contributed by atoms with Crippen molar-refractivity contribution in [1.82, 2.24) is 15.0 Å². The molecule has 0 bridgehead atoms. The summed E-state index contributed by atoms with van der Waals surface area (Å²) < 4.78 is 11.3. The smallest absolute Gasteiger partial charge is 0.257 e. The molecule has 1 aliphatic carbocycles. The predicted molar refractivity (Wildman–Crippen MR) is 92.9 cm³/mol. The van der Waals surface area contributed by atoms with Gasteiger partial charge in [-0.3, -0.25) is 4.90 Å². The van der Waals surface area contributed by atoms with Crippen LogP contribution in [0.1, 0.15) is 37.1 Å². The molecule has 0 unspecified atom stereocenters. The summed E-state index contributed by atoms with van der Waals surface area (Å²) in [6.45, 7) is 3.61.